The number of phenolic OH excluding ortho intramolecular Hbond substituents is 1. The third-order valence-electron chi connectivity index (χ3n) is 7.07. The number of β-lactam (4-membered cyclic amide) rings is 1. The minimum atomic E-state index is -4.39. The van der Waals surface area contributed by atoms with E-state index in [1.807, 2.05) is 18.2 Å². The monoisotopic (exact) mass is 547 g/mol. The molecule has 0 spiro atoms. The van der Waals surface area contributed by atoms with Crippen LogP contribution in [-0.2, 0) is 14.9 Å². The predicted molar refractivity (Wildman–Crippen MR) is 144 cm³/mol. The molecule has 3 N–H and O–H groups in total. The molecule has 1 aliphatic heterocycles. The maximum Gasteiger partial charge on any atom is 0.294 e. The number of para-hydroxylation sites is 1. The summed E-state index contributed by atoms with van der Waals surface area (Å²) in [5.74, 6) is -1.13. The van der Waals surface area contributed by atoms with Gasteiger partial charge in [-0.15, -0.1) is 0 Å². The van der Waals surface area contributed by atoms with Crippen LogP contribution in [-0.4, -0.2) is 29.1 Å². The Labute approximate surface area is 225 Å². The summed E-state index contributed by atoms with van der Waals surface area (Å²) in [5.41, 5.74) is 2.75. The topological polar surface area (TPSA) is 115 Å². The summed E-state index contributed by atoms with van der Waals surface area (Å²) < 4.78 is 45.8. The van der Waals surface area contributed by atoms with Gasteiger partial charge in [-0.1, -0.05) is 54.6 Å². The summed E-state index contributed by atoms with van der Waals surface area (Å²) in [5, 5.41) is 21.7. The summed E-state index contributed by atoms with van der Waals surface area (Å²) >= 11 is 0. The van der Waals surface area contributed by atoms with Gasteiger partial charge in [0.1, 0.15) is 11.6 Å². The van der Waals surface area contributed by atoms with Gasteiger partial charge in [-0.05, 0) is 72.0 Å². The molecule has 0 bridgehead atoms. The number of hydrogen-bond acceptors (Lipinski definition) is 5. The number of anilines is 1. The van der Waals surface area contributed by atoms with Crippen molar-refractivity contribution in [1.29, 1.82) is 0 Å². The molecular weight excluding hydrogens is 521 g/mol. The standard InChI is InChI=1S/C30H26FNO6S/c31-22-12-9-19(10-13-22)27(33)16-15-26-29(32(30(26)35)23-6-2-1-3-7-23)25-14-11-21(18-28(25)34)20-5-4-8-24(17-20)39(36,37)38/h1-14,17-18,26-27,29,33-34H,15-16H2,(H,36,37,38)/t26-,27+,29+/m1/s1. The number of aromatic hydroxyl groups is 1. The Hall–Kier alpha value is -4.05. The first-order valence-corrected chi connectivity index (χ1v) is 13.8. The van der Waals surface area contributed by atoms with Crippen molar-refractivity contribution in [3.8, 4) is 16.9 Å². The zero-order valence-electron chi connectivity index (χ0n) is 20.7. The second kappa shape index (κ2) is 10.6. The minimum absolute atomic E-state index is 0.0766. The third kappa shape index (κ3) is 5.42. The highest BCUT2D eigenvalue weighted by Crippen LogP contribution is 2.49. The van der Waals surface area contributed by atoms with Crippen LogP contribution in [0.1, 0.15) is 36.1 Å². The second-order valence-corrected chi connectivity index (χ2v) is 10.9. The number of nitrogens with zero attached hydrogens (tertiary/aromatic N) is 1. The normalized spacial score (nSPS) is 18.0. The lowest BCUT2D eigenvalue weighted by molar-refractivity contribution is -0.131. The van der Waals surface area contributed by atoms with Gasteiger partial charge in [0, 0.05) is 11.3 Å². The summed E-state index contributed by atoms with van der Waals surface area (Å²) in [6.45, 7) is 0. The number of phenols is 1. The van der Waals surface area contributed by atoms with Gasteiger partial charge < -0.3 is 15.1 Å². The lowest BCUT2D eigenvalue weighted by Crippen LogP contribution is -2.55. The molecule has 200 valence electrons. The smallest absolute Gasteiger partial charge is 0.294 e. The van der Waals surface area contributed by atoms with Gasteiger partial charge in [-0.2, -0.15) is 8.42 Å². The molecule has 7 nitrogen and oxygen atoms in total. The number of rotatable bonds is 8. The van der Waals surface area contributed by atoms with E-state index in [1.54, 1.807) is 35.2 Å². The van der Waals surface area contributed by atoms with E-state index in [4.69, 9.17) is 0 Å². The van der Waals surface area contributed by atoms with Gasteiger partial charge in [0.2, 0.25) is 5.91 Å². The highest BCUT2D eigenvalue weighted by Gasteiger charge is 2.49. The lowest BCUT2D eigenvalue weighted by Gasteiger charge is -2.48. The second-order valence-electron chi connectivity index (χ2n) is 9.52. The molecule has 4 aromatic carbocycles. The van der Waals surface area contributed by atoms with E-state index in [0.717, 1.165) is 0 Å². The van der Waals surface area contributed by atoms with Crippen LogP contribution in [0.25, 0.3) is 11.1 Å². The molecule has 4 aromatic rings. The van der Waals surface area contributed by atoms with E-state index in [9.17, 15) is 32.4 Å². The van der Waals surface area contributed by atoms with E-state index < -0.39 is 34.0 Å². The quantitative estimate of drug-likeness (QED) is 0.194. The van der Waals surface area contributed by atoms with Crippen molar-refractivity contribution < 1.29 is 32.4 Å². The molecule has 1 aliphatic rings. The summed E-state index contributed by atoms with van der Waals surface area (Å²) in [7, 11) is -4.39. The van der Waals surface area contributed by atoms with Crippen molar-refractivity contribution in [3.63, 3.8) is 0 Å². The maximum absolute atomic E-state index is 13.3. The van der Waals surface area contributed by atoms with Crippen LogP contribution in [0.15, 0.2) is 102 Å². The number of aliphatic hydroxyl groups is 1. The molecule has 1 saturated heterocycles. The largest absolute Gasteiger partial charge is 0.508 e. The zero-order valence-corrected chi connectivity index (χ0v) is 21.5. The highest BCUT2D eigenvalue weighted by molar-refractivity contribution is 7.85. The summed E-state index contributed by atoms with van der Waals surface area (Å²) in [6.07, 6.45) is -0.276. The Bertz CT molecular complexity index is 1610. The Morgan fingerprint density at radius 3 is 2.23 bits per heavy atom. The molecule has 0 aromatic heterocycles. The first kappa shape index (κ1) is 26.6. The molecule has 9 heteroatoms. The fraction of sp³-hybridized carbons (Fsp3) is 0.167. The SMILES string of the molecule is O=C1[C@H](CC[C@H](O)c2ccc(F)cc2)[C@H](c2ccc(-c3cccc(S(=O)(=O)O)c3)cc2O)N1c1ccccc1. The maximum atomic E-state index is 13.3. The van der Waals surface area contributed by atoms with Crippen molar-refractivity contribution in [3.05, 3.63) is 114 Å². The van der Waals surface area contributed by atoms with Gasteiger partial charge in [0.25, 0.3) is 10.1 Å². The average Bonchev–Trinajstić information content (AvgIpc) is 2.92. The molecule has 0 unspecified atom stereocenters. The molecule has 0 saturated carbocycles. The van der Waals surface area contributed by atoms with Gasteiger partial charge in [0.05, 0.1) is 23.0 Å². The summed E-state index contributed by atoms with van der Waals surface area (Å²) in [6, 6.07) is 24.8. The Morgan fingerprint density at radius 2 is 1.56 bits per heavy atom. The minimum Gasteiger partial charge on any atom is -0.508 e. The first-order chi connectivity index (χ1) is 18.6. The first-order valence-electron chi connectivity index (χ1n) is 12.4. The number of hydrogen-bond donors (Lipinski definition) is 3. The number of carbonyl (C=O) groups is 1. The van der Waals surface area contributed by atoms with E-state index in [0.29, 0.717) is 34.4 Å². The van der Waals surface area contributed by atoms with Crippen molar-refractivity contribution in [2.24, 2.45) is 5.92 Å². The predicted octanol–water partition coefficient (Wildman–Crippen LogP) is 5.66. The number of carbonyl (C=O) groups excluding carboxylic acids is 1. The van der Waals surface area contributed by atoms with E-state index in [2.05, 4.69) is 0 Å². The van der Waals surface area contributed by atoms with E-state index in [-0.39, 0.29) is 23.0 Å². The molecule has 0 aliphatic carbocycles. The Morgan fingerprint density at radius 1 is 0.872 bits per heavy atom. The highest BCUT2D eigenvalue weighted by atomic mass is 32.2. The molecule has 1 heterocycles. The fourth-order valence-corrected chi connectivity index (χ4v) is 5.59. The van der Waals surface area contributed by atoms with Crippen molar-refractivity contribution in [1.82, 2.24) is 0 Å². The average molecular weight is 548 g/mol. The van der Waals surface area contributed by atoms with Crippen LogP contribution >= 0.6 is 0 Å². The molecule has 3 atom stereocenters. The Balaban J connectivity index is 1.44. The molecule has 39 heavy (non-hydrogen) atoms. The lowest BCUT2D eigenvalue weighted by atomic mass is 9.77. The van der Waals surface area contributed by atoms with Gasteiger partial charge in [-0.25, -0.2) is 4.39 Å². The molecule has 1 amide bonds. The molecule has 0 radical (unpaired) electrons. The van der Waals surface area contributed by atoms with Crippen molar-refractivity contribution >= 4 is 21.7 Å². The van der Waals surface area contributed by atoms with Crippen LogP contribution < -0.4 is 4.90 Å². The van der Waals surface area contributed by atoms with E-state index in [1.165, 1.54) is 48.5 Å². The van der Waals surface area contributed by atoms with Crippen LogP contribution in [0.4, 0.5) is 10.1 Å². The van der Waals surface area contributed by atoms with E-state index >= 15 is 0 Å². The number of halogens is 1. The Kier molecular flexibility index (Phi) is 7.22. The van der Waals surface area contributed by atoms with Gasteiger partial charge in [0.15, 0.2) is 0 Å². The third-order valence-corrected chi connectivity index (χ3v) is 7.92. The van der Waals surface area contributed by atoms with Crippen LogP contribution in [0.2, 0.25) is 0 Å². The summed E-state index contributed by atoms with van der Waals surface area (Å²) in [4.78, 5) is 14.7. The molecule has 5 rings (SSSR count). The molecule has 1 fully saturated rings. The fourth-order valence-electron chi connectivity index (χ4n) is 5.06. The van der Waals surface area contributed by atoms with Gasteiger partial charge >= 0.3 is 0 Å². The van der Waals surface area contributed by atoms with Crippen molar-refractivity contribution in [2.75, 3.05) is 4.90 Å². The number of aliphatic hydroxyl groups excluding tert-OH is 1. The van der Waals surface area contributed by atoms with Gasteiger partial charge in [-0.3, -0.25) is 9.35 Å². The zero-order chi connectivity index (χ0) is 27.7. The number of amides is 1. The van der Waals surface area contributed by atoms with Crippen LogP contribution in [0.3, 0.4) is 0 Å². The van der Waals surface area contributed by atoms with Crippen molar-refractivity contribution in [2.45, 2.75) is 29.9 Å². The molecular formula is C30H26FNO6S. The number of benzene rings is 4. The van der Waals surface area contributed by atoms with Crippen LogP contribution in [0.5, 0.6) is 5.75 Å². The van der Waals surface area contributed by atoms with Crippen LogP contribution in [0, 0.1) is 11.7 Å².